The molecule has 0 radical (unpaired) electrons. The summed E-state index contributed by atoms with van der Waals surface area (Å²) in [4.78, 5) is 16.7. The van der Waals surface area contributed by atoms with E-state index < -0.39 is 26.8 Å². The fraction of sp³-hybridized carbons (Fsp3) is 0.154. The summed E-state index contributed by atoms with van der Waals surface area (Å²) in [6.07, 6.45) is 0.771. The molecule has 3 heterocycles. The lowest BCUT2D eigenvalue weighted by molar-refractivity contribution is 0.0985. The maximum absolute atomic E-state index is 12.8. The van der Waals surface area contributed by atoms with Crippen molar-refractivity contribution in [2.24, 2.45) is 7.05 Å². The van der Waals surface area contributed by atoms with Gasteiger partial charge < -0.3 is 0 Å². The number of aryl methyl sites for hydroxylation is 2. The number of hydrogen-bond donors (Lipinski definition) is 1. The first-order valence-corrected chi connectivity index (χ1v) is 8.70. The fourth-order valence-electron chi connectivity index (χ4n) is 2.06. The second-order valence-corrected chi connectivity index (χ2v) is 7.45. The number of aromatic nitrogens is 3. The number of nitrogens with zero attached hydrogens (tertiary/aromatic N) is 3. The molecule has 0 unspecified atom stereocenters. The minimum atomic E-state index is -4.16. The molecule has 120 valence electrons. The van der Waals surface area contributed by atoms with E-state index in [0.29, 0.717) is 0 Å². The van der Waals surface area contributed by atoms with Gasteiger partial charge in [-0.15, -0.1) is 11.3 Å². The van der Waals surface area contributed by atoms with Gasteiger partial charge in [0.15, 0.2) is 5.03 Å². The lowest BCUT2D eigenvalue weighted by Crippen LogP contribution is -2.30. The third-order valence-electron chi connectivity index (χ3n) is 3.12. The lowest BCUT2D eigenvalue weighted by atomic mass is 10.3. The van der Waals surface area contributed by atoms with Gasteiger partial charge in [0, 0.05) is 12.4 Å². The molecule has 10 heteroatoms. The van der Waals surface area contributed by atoms with E-state index >= 15 is 0 Å². The highest BCUT2D eigenvalue weighted by Gasteiger charge is 2.22. The number of pyridine rings is 1. The Morgan fingerprint density at radius 3 is 2.74 bits per heavy atom. The van der Waals surface area contributed by atoms with Crippen LogP contribution in [0.5, 0.6) is 0 Å². The number of fused-ring (bicyclic) bond motifs is 1. The van der Waals surface area contributed by atoms with Crippen molar-refractivity contribution in [1.29, 1.82) is 0 Å². The topological polar surface area (TPSA) is 94.0 Å². The number of rotatable bonds is 3. The van der Waals surface area contributed by atoms with Crippen molar-refractivity contribution in [3.8, 4) is 0 Å². The van der Waals surface area contributed by atoms with E-state index in [1.165, 1.54) is 0 Å². The van der Waals surface area contributed by atoms with Crippen LogP contribution in [0, 0.1) is 12.7 Å². The van der Waals surface area contributed by atoms with Gasteiger partial charge in [-0.25, -0.2) is 14.1 Å². The third kappa shape index (κ3) is 2.82. The highest BCUT2D eigenvalue weighted by Crippen LogP contribution is 2.27. The molecule has 0 atom stereocenters. The van der Waals surface area contributed by atoms with Crippen LogP contribution in [0.1, 0.15) is 15.4 Å². The molecule has 0 saturated carbocycles. The second-order valence-electron chi connectivity index (χ2n) is 4.79. The highest BCUT2D eigenvalue weighted by atomic mass is 32.2. The van der Waals surface area contributed by atoms with E-state index in [1.807, 2.05) is 4.72 Å². The Morgan fingerprint density at radius 1 is 1.39 bits per heavy atom. The number of carbonyl (C=O) groups is 1. The number of sulfonamides is 1. The van der Waals surface area contributed by atoms with Crippen molar-refractivity contribution in [3.05, 3.63) is 40.8 Å². The van der Waals surface area contributed by atoms with Gasteiger partial charge in [0.1, 0.15) is 10.6 Å². The van der Waals surface area contributed by atoms with Crippen LogP contribution in [-0.2, 0) is 17.1 Å². The minimum Gasteiger partial charge on any atom is -0.267 e. The molecule has 0 saturated heterocycles. The Bertz CT molecular complexity index is 971. The van der Waals surface area contributed by atoms with Gasteiger partial charge in [0.05, 0.1) is 16.8 Å². The van der Waals surface area contributed by atoms with Crippen molar-refractivity contribution < 1.29 is 17.6 Å². The summed E-state index contributed by atoms with van der Waals surface area (Å²) in [7, 11) is -2.42. The van der Waals surface area contributed by atoms with Gasteiger partial charge in [-0.1, -0.05) is 0 Å². The SMILES string of the molecule is Cc1nn(C)c2sc(C(=O)NS(=O)(=O)c3ccc(F)cn3)cc12. The van der Waals surface area contributed by atoms with Crippen molar-refractivity contribution in [2.45, 2.75) is 11.9 Å². The van der Waals surface area contributed by atoms with Crippen molar-refractivity contribution in [1.82, 2.24) is 19.5 Å². The Kier molecular flexibility index (Phi) is 3.65. The summed E-state index contributed by atoms with van der Waals surface area (Å²) < 4.78 is 40.5. The van der Waals surface area contributed by atoms with E-state index in [0.717, 1.165) is 45.6 Å². The molecule has 1 amide bonds. The monoisotopic (exact) mass is 354 g/mol. The molecular weight excluding hydrogens is 343 g/mol. The fourth-order valence-corrected chi connectivity index (χ4v) is 4.04. The largest absolute Gasteiger partial charge is 0.281 e. The van der Waals surface area contributed by atoms with Crippen LogP contribution in [0.15, 0.2) is 29.4 Å². The van der Waals surface area contributed by atoms with Crippen LogP contribution in [0.25, 0.3) is 10.2 Å². The normalized spacial score (nSPS) is 11.8. The number of hydrogen-bond acceptors (Lipinski definition) is 6. The molecule has 0 aliphatic heterocycles. The Morgan fingerprint density at radius 2 is 2.13 bits per heavy atom. The molecule has 3 rings (SSSR count). The van der Waals surface area contributed by atoms with Crippen LogP contribution in [0.3, 0.4) is 0 Å². The van der Waals surface area contributed by atoms with Crippen LogP contribution in [-0.4, -0.2) is 29.1 Å². The van der Waals surface area contributed by atoms with E-state index in [4.69, 9.17) is 0 Å². The predicted octanol–water partition coefficient (Wildman–Crippen LogP) is 1.60. The summed E-state index contributed by atoms with van der Waals surface area (Å²) in [5.41, 5.74) is 0.751. The van der Waals surface area contributed by atoms with Crippen LogP contribution in [0.4, 0.5) is 4.39 Å². The maximum atomic E-state index is 12.8. The average molecular weight is 354 g/mol. The van der Waals surface area contributed by atoms with E-state index in [1.54, 1.807) is 24.7 Å². The van der Waals surface area contributed by atoms with Crippen molar-refractivity contribution in [3.63, 3.8) is 0 Å². The lowest BCUT2D eigenvalue weighted by Gasteiger charge is -2.04. The molecule has 23 heavy (non-hydrogen) atoms. The molecular formula is C13H11FN4O3S2. The predicted molar refractivity (Wildman–Crippen MR) is 82.2 cm³/mol. The zero-order chi connectivity index (χ0) is 16.8. The molecule has 0 fully saturated rings. The molecule has 0 aliphatic carbocycles. The summed E-state index contributed by atoms with van der Waals surface area (Å²) in [5.74, 6) is -1.43. The zero-order valence-electron chi connectivity index (χ0n) is 12.1. The van der Waals surface area contributed by atoms with Gasteiger partial charge in [-0.3, -0.25) is 9.48 Å². The van der Waals surface area contributed by atoms with Gasteiger partial charge in [0.2, 0.25) is 0 Å². The molecule has 0 aliphatic rings. The number of halogens is 1. The van der Waals surface area contributed by atoms with Crippen LogP contribution >= 0.6 is 11.3 Å². The molecule has 0 bridgehead atoms. The molecule has 3 aromatic heterocycles. The number of amides is 1. The quantitative estimate of drug-likeness (QED) is 0.771. The number of carbonyl (C=O) groups excluding carboxylic acids is 1. The summed E-state index contributed by atoms with van der Waals surface area (Å²) in [5, 5.41) is 4.58. The Labute approximate surface area is 134 Å². The first kappa shape index (κ1) is 15.6. The van der Waals surface area contributed by atoms with E-state index in [-0.39, 0.29) is 4.88 Å². The molecule has 1 N–H and O–H groups in total. The second kappa shape index (κ2) is 5.39. The summed E-state index contributed by atoms with van der Waals surface area (Å²) in [6, 6.07) is 3.54. The highest BCUT2D eigenvalue weighted by molar-refractivity contribution is 7.90. The molecule has 3 aromatic rings. The van der Waals surface area contributed by atoms with Gasteiger partial charge in [0.25, 0.3) is 15.9 Å². The van der Waals surface area contributed by atoms with Crippen LogP contribution < -0.4 is 4.72 Å². The maximum Gasteiger partial charge on any atom is 0.281 e. The van der Waals surface area contributed by atoms with Crippen LogP contribution in [0.2, 0.25) is 0 Å². The average Bonchev–Trinajstić information content (AvgIpc) is 3.01. The van der Waals surface area contributed by atoms with Crippen molar-refractivity contribution >= 4 is 37.5 Å². The standard InChI is InChI=1S/C13H11FN4O3S2/c1-7-9-5-10(22-13(9)18(2)16-7)12(19)17-23(20,21)11-4-3-8(14)6-15-11/h3-6H,1-2H3,(H,17,19). The zero-order valence-corrected chi connectivity index (χ0v) is 13.7. The molecule has 0 aromatic carbocycles. The Hall–Kier alpha value is -2.33. The number of nitrogens with one attached hydrogen (secondary N) is 1. The first-order chi connectivity index (χ1) is 10.8. The summed E-state index contributed by atoms with van der Waals surface area (Å²) >= 11 is 1.13. The molecule has 0 spiro atoms. The number of thiophene rings is 1. The van der Waals surface area contributed by atoms with Gasteiger partial charge >= 0.3 is 0 Å². The van der Waals surface area contributed by atoms with E-state index in [9.17, 15) is 17.6 Å². The Balaban J connectivity index is 1.90. The first-order valence-electron chi connectivity index (χ1n) is 6.40. The van der Waals surface area contributed by atoms with Crippen molar-refractivity contribution in [2.75, 3.05) is 0 Å². The van der Waals surface area contributed by atoms with Gasteiger partial charge in [-0.2, -0.15) is 13.5 Å². The van der Waals surface area contributed by atoms with E-state index in [2.05, 4.69) is 10.1 Å². The van der Waals surface area contributed by atoms with Gasteiger partial charge in [-0.05, 0) is 25.1 Å². The molecule has 7 nitrogen and oxygen atoms in total. The third-order valence-corrected chi connectivity index (χ3v) is 5.57. The summed E-state index contributed by atoms with van der Waals surface area (Å²) in [6.45, 7) is 1.80. The minimum absolute atomic E-state index is 0.238. The smallest absolute Gasteiger partial charge is 0.267 e.